The summed E-state index contributed by atoms with van der Waals surface area (Å²) in [7, 11) is 0. The van der Waals surface area contributed by atoms with E-state index in [2.05, 4.69) is 56.1 Å². The number of H-pyrrole nitrogens is 3. The molecule has 5 aliphatic heterocycles. The zero-order chi connectivity index (χ0) is 81.6. The Bertz CT molecular complexity index is 5040. The van der Waals surface area contributed by atoms with E-state index in [-0.39, 0.29) is 134 Å². The number of fused-ring (bicyclic) bond motifs is 1. The van der Waals surface area contributed by atoms with Crippen LogP contribution >= 0.6 is 42.9 Å². The van der Waals surface area contributed by atoms with Crippen LogP contribution < -0.4 is 71.7 Å². The first kappa shape index (κ1) is 88.4. The van der Waals surface area contributed by atoms with E-state index in [9.17, 15) is 57.8 Å². The fourth-order valence-corrected chi connectivity index (χ4v) is 19.5. The average molecular weight is 1810 g/mol. The van der Waals surface area contributed by atoms with Crippen LogP contribution in [0.25, 0.3) is 11.2 Å². The minimum absolute atomic E-state index is 0.0120. The topological polar surface area (TPSA) is 581 Å². The number of nitrogen functional groups attached to an aromatic ring is 3. The van der Waals surface area contributed by atoms with Gasteiger partial charge >= 0.3 is 29.5 Å². The van der Waals surface area contributed by atoms with Gasteiger partial charge in [-0.05, 0) is 65.0 Å². The summed E-state index contributed by atoms with van der Waals surface area (Å²) in [4.78, 5) is 155. The van der Waals surface area contributed by atoms with E-state index in [0.717, 1.165) is 19.9 Å². The summed E-state index contributed by atoms with van der Waals surface area (Å²) in [5, 5.41) is 13.0. The molecule has 0 saturated carbocycles. The normalized spacial score (nSPS) is 27.5. The van der Waals surface area contributed by atoms with Gasteiger partial charge in [0.2, 0.25) is 11.9 Å². The standard InChI is InChI=1S/C60H85BrN16O28P4S4/c1-29(2)32-16-45(73-9-6-43(62)67-57(73)83)98-39(32)24-96-109(113,92-15-14-91-13-12-90-11-8-65-52(79)30(3)4)105-37-20-47(75-21-31(5)53(80)71-59(75)85)100-42(37)27-95-108(89,112)104-36-19-49(77-28-66-50-51(77)69-56(64)70-55(50)82)101-41(36)26-94-107(88,111)103-35-18-46(74-10-7-44(63)68-58(74)84)99-40(35)25-93-106(87,110)102-34-17-48(97-38(34)23-78)76-22-33(61)54(81)72-60(76)86/h6-7,9-10,21-22,28-30,32,34-42,45-49,78H,8,11-20,23-27H2,1-5H3,(H,65,79)(H,87,110)(H,88,111)(H,89,112)(H2,62,67,83)(H2,63,68,84)(H,71,80,85)(H,72,81,86)(H3,64,69,70,82)/p-3/t32-,34+,35+,36+,37+,38+,39+,40+,41+,42+,45+,46+,47+,48+,49+,106?,107?,108?,109?/m0/s1. The quantitative estimate of drug-likeness (QED) is 0.0140. The molecule has 6 aromatic rings. The number of aryl methyl sites for hydroxylation is 1. The number of aliphatic hydroxyl groups is 1. The number of aliphatic hydroxyl groups excluding tert-OH is 1. The molecule has 6 aromatic heterocycles. The number of hydrogen-bond acceptors (Lipinski definition) is 39. The van der Waals surface area contributed by atoms with Crippen molar-refractivity contribution in [2.45, 2.75) is 153 Å². The minimum Gasteiger partial charge on any atom is -0.780 e. The number of rotatable bonds is 38. The highest BCUT2D eigenvalue weighted by Crippen LogP contribution is 2.56. The maximum atomic E-state index is 14.9. The summed E-state index contributed by atoms with van der Waals surface area (Å²) in [6.45, 7) is -12.5. The van der Waals surface area contributed by atoms with Crippen LogP contribution in [0.3, 0.4) is 0 Å². The molecule has 113 heavy (non-hydrogen) atoms. The molecule has 53 heteroatoms. The predicted molar refractivity (Wildman–Crippen MR) is 408 cm³/mol. The van der Waals surface area contributed by atoms with Crippen LogP contribution in [-0.4, -0.2) is 196 Å². The summed E-state index contributed by atoms with van der Waals surface area (Å²) < 4.78 is 117. The molecule has 11 N–H and O–H groups in total. The second-order valence-corrected chi connectivity index (χ2v) is 38.9. The number of amides is 1. The van der Waals surface area contributed by atoms with Crippen molar-refractivity contribution in [1.82, 2.24) is 63.0 Å². The van der Waals surface area contributed by atoms with Crippen LogP contribution in [0.1, 0.15) is 96.5 Å². The van der Waals surface area contributed by atoms with Gasteiger partial charge in [-0.25, -0.2) is 24.2 Å². The van der Waals surface area contributed by atoms with Gasteiger partial charge in [-0.15, -0.1) is 0 Å². The van der Waals surface area contributed by atoms with E-state index in [1.807, 2.05) is 13.8 Å². The number of ether oxygens (including phenoxy) is 7. The lowest BCUT2D eigenvalue weighted by atomic mass is 9.89. The minimum atomic E-state index is -4.90. The number of anilines is 3. The summed E-state index contributed by atoms with van der Waals surface area (Å²) in [6.07, 6.45) is -12.0. The van der Waals surface area contributed by atoms with Crippen molar-refractivity contribution in [1.29, 1.82) is 0 Å². The number of nitrogens with zero attached hydrogens (tertiary/aromatic N) is 9. The molecule has 11 heterocycles. The van der Waals surface area contributed by atoms with E-state index < -0.39 is 179 Å². The van der Waals surface area contributed by atoms with Gasteiger partial charge in [-0.2, -0.15) is 15.0 Å². The van der Waals surface area contributed by atoms with Crippen LogP contribution in [0.4, 0.5) is 17.6 Å². The highest BCUT2D eigenvalue weighted by Gasteiger charge is 2.48. The molecular weight excluding hydrogens is 1720 g/mol. The number of aromatic nitrogens is 12. The molecule has 1 amide bonds. The van der Waals surface area contributed by atoms with Crippen molar-refractivity contribution >= 4 is 125 Å². The second kappa shape index (κ2) is 38.1. The molecule has 0 spiro atoms. The smallest absolute Gasteiger partial charge is 0.351 e. The zero-order valence-corrected chi connectivity index (χ0v) is 69.1. The van der Waals surface area contributed by atoms with Crippen LogP contribution in [0.2, 0.25) is 0 Å². The number of hydrogen-bond donors (Lipinski definition) is 8. The van der Waals surface area contributed by atoms with Gasteiger partial charge in [0.05, 0.1) is 107 Å². The average Bonchev–Trinajstić information content (AvgIpc) is 1.63. The first-order valence-electron chi connectivity index (χ1n) is 35.0. The lowest BCUT2D eigenvalue weighted by Crippen LogP contribution is -2.34. The number of carbonyl (C=O) groups excluding carboxylic acids is 1. The Balaban J connectivity index is 0.810. The molecule has 44 nitrogen and oxygen atoms in total. The maximum absolute atomic E-state index is 14.9. The molecule has 11 rings (SSSR count). The van der Waals surface area contributed by atoms with Gasteiger partial charge in [0.25, 0.3) is 16.7 Å². The molecular formula is C60H82BrN16O28P4S4-3. The number of imidazole rings is 1. The van der Waals surface area contributed by atoms with E-state index in [1.54, 1.807) is 13.8 Å². The molecule has 0 aromatic carbocycles. The summed E-state index contributed by atoms with van der Waals surface area (Å²) >= 11 is 25.6. The highest BCUT2D eigenvalue weighted by atomic mass is 79.9. The fraction of sp³-hybridized carbons (Fsp3) is 0.633. The summed E-state index contributed by atoms with van der Waals surface area (Å²) in [5.41, 5.74) is 12.0. The van der Waals surface area contributed by atoms with Gasteiger partial charge in [0.15, 0.2) is 18.0 Å². The number of nitrogens with one attached hydrogen (secondary N) is 4. The van der Waals surface area contributed by atoms with Crippen molar-refractivity contribution in [3.63, 3.8) is 0 Å². The third-order valence-corrected chi connectivity index (χ3v) is 26.0. The van der Waals surface area contributed by atoms with E-state index >= 15 is 0 Å². The molecule has 5 aliphatic rings. The second-order valence-electron chi connectivity index (χ2n) is 26.9. The Kier molecular flexibility index (Phi) is 29.8. The fourth-order valence-electron chi connectivity index (χ4n) is 12.7. The maximum Gasteiger partial charge on any atom is 0.351 e. The van der Waals surface area contributed by atoms with Gasteiger partial charge in [0, 0.05) is 68.5 Å². The van der Waals surface area contributed by atoms with Crippen LogP contribution in [0.5, 0.6) is 0 Å². The SMILES string of the molecule is Cc1cn([C@H]2C[C@@H](OP(=S)(OCCOCCOCCNC(=O)C(C)C)OC[C@H]3O[C@@H](n4ccc(N)nc4=O)C[C@H]3C(C)C)[C@@H](COP([O-])(=S)O[C@@H]3C[C@H](n4cnc5c(=O)[nH]c(N)nc54)O[C@@H]3COP([O-])(=S)O[C@@H]3C[C@H](n4ccc(N)nc4=O)O[C@@H]3COP(=O)([S-])O[C@@H]3C[C@H](n4cc(Br)c(=O)[nH]c4=O)O[C@@H]3CO)O2)c(=O)[nH]c1=O. The van der Waals surface area contributed by atoms with E-state index in [4.69, 9.17) is 139 Å². The molecule has 4 unspecified atom stereocenters. The first-order chi connectivity index (χ1) is 53.4. The Morgan fingerprint density at radius 1 is 0.619 bits per heavy atom. The molecule has 0 radical (unpaired) electrons. The van der Waals surface area contributed by atoms with Crippen molar-refractivity contribution in [2.75, 3.05) is 89.8 Å². The van der Waals surface area contributed by atoms with E-state index in [1.165, 1.54) is 53.1 Å². The highest BCUT2D eigenvalue weighted by molar-refractivity contribution is 9.10. The number of carbonyl (C=O) groups is 1. The monoisotopic (exact) mass is 1810 g/mol. The summed E-state index contributed by atoms with van der Waals surface area (Å²) in [5.74, 6) is -1.05. The van der Waals surface area contributed by atoms with E-state index in [0.29, 0.717) is 6.42 Å². The zero-order valence-electron chi connectivity index (χ0n) is 60.7. The van der Waals surface area contributed by atoms with Gasteiger partial charge in [-0.1, -0.05) is 51.3 Å². The molecule has 5 fully saturated rings. The van der Waals surface area contributed by atoms with Crippen molar-refractivity contribution < 1.29 is 98.1 Å². The van der Waals surface area contributed by atoms with Crippen LogP contribution in [-0.2, 0) is 131 Å². The van der Waals surface area contributed by atoms with Gasteiger partial charge < -0.3 is 124 Å². The largest absolute Gasteiger partial charge is 0.780 e. The van der Waals surface area contributed by atoms with Gasteiger partial charge in [0.1, 0.15) is 80.6 Å². The van der Waals surface area contributed by atoms with Crippen molar-refractivity contribution in [3.8, 4) is 0 Å². The van der Waals surface area contributed by atoms with Crippen molar-refractivity contribution in [3.05, 3.63) is 126 Å². The Morgan fingerprint density at radius 3 is 1.65 bits per heavy atom. The third-order valence-electron chi connectivity index (χ3n) is 18.4. The lowest BCUT2D eigenvalue weighted by Gasteiger charge is -2.36. The van der Waals surface area contributed by atoms with Crippen molar-refractivity contribution in [2.24, 2.45) is 17.8 Å². The number of aromatic amines is 3. The van der Waals surface area contributed by atoms with Crippen LogP contribution in [0.15, 0.2) is 81.3 Å². The summed E-state index contributed by atoms with van der Waals surface area (Å²) in [6, 6.07) is 2.74. The molecule has 624 valence electrons. The number of halogens is 1. The number of nitrogens with two attached hydrogens (primary N) is 3. The molecule has 5 saturated heterocycles. The molecule has 19 atom stereocenters. The Hall–Kier alpha value is -5.41. The van der Waals surface area contributed by atoms with Crippen LogP contribution in [0, 0.1) is 24.7 Å². The Labute approximate surface area is 669 Å². The molecule has 0 aliphatic carbocycles. The first-order valence-corrected chi connectivity index (χ1v) is 46.0. The van der Waals surface area contributed by atoms with Gasteiger partial charge in [-0.3, -0.25) is 61.5 Å². The molecule has 0 bridgehead atoms. The predicted octanol–water partition coefficient (Wildman–Crippen LogP) is -0.268. The lowest BCUT2D eigenvalue weighted by molar-refractivity contribution is -0.219. The Morgan fingerprint density at radius 2 is 1.10 bits per heavy atom. The third kappa shape index (κ3) is 22.9.